The molecule has 0 saturated carbocycles. The summed E-state index contributed by atoms with van der Waals surface area (Å²) >= 11 is 11.9. The minimum Gasteiger partial charge on any atom is -0.441 e. The number of benzene rings is 2. The minimum atomic E-state index is -0.370. The summed E-state index contributed by atoms with van der Waals surface area (Å²) in [5, 5.41) is 3.93. The number of amides is 1. The molecular weight excluding hydrogens is 402 g/mol. The quantitative estimate of drug-likeness (QED) is 0.491. The first kappa shape index (κ1) is 20.4. The number of rotatable bonds is 8. The summed E-state index contributed by atoms with van der Waals surface area (Å²) in [6.07, 6.45) is 3.67. The number of nitrogens with zero attached hydrogens (tertiary/aromatic N) is 1. The zero-order valence-electron chi connectivity index (χ0n) is 15.1. The van der Waals surface area contributed by atoms with Gasteiger partial charge >= 0.3 is 0 Å². The topological polar surface area (TPSA) is 55.1 Å². The van der Waals surface area contributed by atoms with Crippen molar-refractivity contribution in [2.24, 2.45) is 0 Å². The van der Waals surface area contributed by atoms with Crippen LogP contribution in [0.1, 0.15) is 24.3 Å². The lowest BCUT2D eigenvalue weighted by Crippen LogP contribution is -2.25. The Hall–Kier alpha value is -2.37. The van der Waals surface area contributed by atoms with Gasteiger partial charge < -0.3 is 9.73 Å². The highest BCUT2D eigenvalue weighted by molar-refractivity contribution is 6.42. The molecule has 0 bridgehead atoms. The second-order valence-corrected chi connectivity index (χ2v) is 7.11. The van der Waals surface area contributed by atoms with E-state index >= 15 is 0 Å². The van der Waals surface area contributed by atoms with E-state index in [1.807, 2.05) is 12.1 Å². The molecule has 1 N–H and O–H groups in total. The van der Waals surface area contributed by atoms with Crippen LogP contribution in [0.4, 0.5) is 4.39 Å². The molecule has 4 nitrogen and oxygen atoms in total. The Morgan fingerprint density at radius 1 is 1.11 bits per heavy atom. The molecule has 0 atom stereocenters. The number of aromatic nitrogens is 1. The molecule has 3 aromatic rings. The van der Waals surface area contributed by atoms with Gasteiger partial charge in [0.1, 0.15) is 5.82 Å². The van der Waals surface area contributed by atoms with E-state index in [2.05, 4.69) is 10.3 Å². The molecule has 0 saturated heterocycles. The van der Waals surface area contributed by atoms with Crippen LogP contribution < -0.4 is 5.32 Å². The summed E-state index contributed by atoms with van der Waals surface area (Å²) in [6.45, 7) is 0.561. The molecule has 7 heteroatoms. The summed E-state index contributed by atoms with van der Waals surface area (Å²) in [4.78, 5) is 16.1. The first-order valence-corrected chi connectivity index (χ1v) is 9.69. The Kier molecular flexibility index (Phi) is 7.06. The van der Waals surface area contributed by atoms with Crippen LogP contribution in [0.5, 0.6) is 0 Å². The highest BCUT2D eigenvalue weighted by atomic mass is 35.5. The molecule has 3 rings (SSSR count). The molecule has 0 aliphatic heterocycles. The van der Waals surface area contributed by atoms with Crippen LogP contribution in [0.3, 0.4) is 0 Å². The zero-order valence-corrected chi connectivity index (χ0v) is 16.6. The number of oxazole rings is 1. The molecule has 0 radical (unpaired) electrons. The average molecular weight is 421 g/mol. The Bertz CT molecular complexity index is 959. The number of halogens is 3. The maximum atomic E-state index is 13.8. The molecule has 0 aliphatic rings. The van der Waals surface area contributed by atoms with Gasteiger partial charge in [0, 0.05) is 19.4 Å². The molecule has 146 valence electrons. The largest absolute Gasteiger partial charge is 0.441 e. The smallest absolute Gasteiger partial charge is 0.220 e. The maximum absolute atomic E-state index is 13.8. The standard InChI is InChI=1S/C21H19Cl2FN2O2/c22-16-8-7-14(12-17(16)23)4-3-11-25-20(27)9-10-21-26-13-19(28-21)15-5-1-2-6-18(15)24/h1-2,5-8,12-13H,3-4,9-11H2,(H,25,27). The normalized spacial score (nSPS) is 10.8. The Morgan fingerprint density at radius 3 is 2.71 bits per heavy atom. The molecule has 28 heavy (non-hydrogen) atoms. The van der Waals surface area contributed by atoms with E-state index in [1.165, 1.54) is 12.3 Å². The van der Waals surface area contributed by atoms with Gasteiger partial charge in [-0.15, -0.1) is 0 Å². The summed E-state index contributed by atoms with van der Waals surface area (Å²) < 4.78 is 19.3. The Balaban J connectivity index is 1.40. The van der Waals surface area contributed by atoms with Crippen LogP contribution in [0.15, 0.2) is 53.1 Å². The molecule has 2 aromatic carbocycles. The van der Waals surface area contributed by atoms with E-state index in [-0.39, 0.29) is 18.1 Å². The highest BCUT2D eigenvalue weighted by Gasteiger charge is 2.11. The van der Waals surface area contributed by atoms with Crippen LogP contribution in [0, 0.1) is 5.82 Å². The third-order valence-corrected chi connectivity index (χ3v) is 4.95. The summed E-state index contributed by atoms with van der Waals surface area (Å²) in [5.41, 5.74) is 1.43. The number of carbonyl (C=O) groups excluding carboxylic acids is 1. The molecular formula is C21H19Cl2FN2O2. The van der Waals surface area contributed by atoms with Gasteiger partial charge in [-0.3, -0.25) is 4.79 Å². The van der Waals surface area contributed by atoms with E-state index in [1.54, 1.807) is 24.3 Å². The van der Waals surface area contributed by atoms with Crippen LogP contribution in [0.25, 0.3) is 11.3 Å². The zero-order chi connectivity index (χ0) is 19.9. The van der Waals surface area contributed by atoms with Crippen LogP contribution in [-0.2, 0) is 17.6 Å². The number of nitrogens with one attached hydrogen (secondary N) is 1. The van der Waals surface area contributed by atoms with Gasteiger partial charge in [0.15, 0.2) is 11.7 Å². The van der Waals surface area contributed by atoms with E-state index < -0.39 is 0 Å². The first-order chi connectivity index (χ1) is 13.5. The number of hydrogen-bond donors (Lipinski definition) is 1. The SMILES string of the molecule is O=C(CCc1ncc(-c2ccccc2F)o1)NCCCc1ccc(Cl)c(Cl)c1. The molecule has 0 unspecified atom stereocenters. The van der Waals surface area contributed by atoms with Gasteiger partial charge in [0.2, 0.25) is 5.91 Å². The van der Waals surface area contributed by atoms with Gasteiger partial charge in [-0.05, 0) is 42.7 Å². The van der Waals surface area contributed by atoms with E-state index in [4.69, 9.17) is 27.6 Å². The second-order valence-electron chi connectivity index (χ2n) is 6.30. The fraction of sp³-hybridized carbons (Fsp3) is 0.238. The number of carbonyl (C=O) groups is 1. The van der Waals surface area contributed by atoms with Crippen molar-refractivity contribution in [2.45, 2.75) is 25.7 Å². The molecule has 0 spiro atoms. The van der Waals surface area contributed by atoms with Gasteiger partial charge in [0.25, 0.3) is 0 Å². The van der Waals surface area contributed by atoms with Crippen molar-refractivity contribution >= 4 is 29.1 Å². The summed E-state index contributed by atoms with van der Waals surface area (Å²) in [5.74, 6) is 0.309. The van der Waals surface area contributed by atoms with Gasteiger partial charge in [-0.1, -0.05) is 41.4 Å². The highest BCUT2D eigenvalue weighted by Crippen LogP contribution is 2.24. The van der Waals surface area contributed by atoms with Gasteiger partial charge in [-0.2, -0.15) is 0 Å². The molecule has 0 aliphatic carbocycles. The lowest BCUT2D eigenvalue weighted by molar-refractivity contribution is -0.121. The lowest BCUT2D eigenvalue weighted by Gasteiger charge is -2.05. The van der Waals surface area contributed by atoms with Gasteiger partial charge in [0.05, 0.1) is 21.8 Å². The lowest BCUT2D eigenvalue weighted by atomic mass is 10.1. The molecule has 1 heterocycles. The van der Waals surface area contributed by atoms with E-state index in [0.29, 0.717) is 40.2 Å². The van der Waals surface area contributed by atoms with Crippen molar-refractivity contribution in [3.8, 4) is 11.3 Å². The fourth-order valence-corrected chi connectivity index (χ4v) is 3.06. The maximum Gasteiger partial charge on any atom is 0.220 e. The van der Waals surface area contributed by atoms with Crippen molar-refractivity contribution in [3.05, 3.63) is 76.0 Å². The Labute approximate surface area is 172 Å². The van der Waals surface area contributed by atoms with Crippen molar-refractivity contribution in [1.82, 2.24) is 10.3 Å². The van der Waals surface area contributed by atoms with Crippen LogP contribution >= 0.6 is 23.2 Å². The van der Waals surface area contributed by atoms with Crippen LogP contribution in [0.2, 0.25) is 10.0 Å². The third kappa shape index (κ3) is 5.57. The van der Waals surface area contributed by atoms with Gasteiger partial charge in [-0.25, -0.2) is 9.37 Å². The van der Waals surface area contributed by atoms with E-state index in [0.717, 1.165) is 18.4 Å². The van der Waals surface area contributed by atoms with Crippen molar-refractivity contribution in [3.63, 3.8) is 0 Å². The average Bonchev–Trinajstić information content (AvgIpc) is 3.15. The predicted octanol–water partition coefficient (Wildman–Crippen LogP) is 5.47. The fourth-order valence-electron chi connectivity index (χ4n) is 2.74. The predicted molar refractivity (Wildman–Crippen MR) is 108 cm³/mol. The van der Waals surface area contributed by atoms with E-state index in [9.17, 15) is 9.18 Å². The molecule has 1 aromatic heterocycles. The summed E-state index contributed by atoms with van der Waals surface area (Å²) in [6, 6.07) is 11.9. The van der Waals surface area contributed by atoms with Crippen LogP contribution in [-0.4, -0.2) is 17.4 Å². The monoisotopic (exact) mass is 420 g/mol. The Morgan fingerprint density at radius 2 is 1.93 bits per heavy atom. The number of aryl methyl sites for hydroxylation is 2. The van der Waals surface area contributed by atoms with Crippen molar-refractivity contribution < 1.29 is 13.6 Å². The van der Waals surface area contributed by atoms with Crippen molar-refractivity contribution in [2.75, 3.05) is 6.54 Å². The van der Waals surface area contributed by atoms with Crippen molar-refractivity contribution in [1.29, 1.82) is 0 Å². The molecule has 0 fully saturated rings. The molecule has 1 amide bonds. The summed E-state index contributed by atoms with van der Waals surface area (Å²) in [7, 11) is 0. The first-order valence-electron chi connectivity index (χ1n) is 8.93. The number of hydrogen-bond acceptors (Lipinski definition) is 3. The third-order valence-electron chi connectivity index (χ3n) is 4.21. The second kappa shape index (κ2) is 9.71. The minimum absolute atomic E-state index is 0.0835.